The molecule has 0 N–H and O–H groups in total. The summed E-state index contributed by atoms with van der Waals surface area (Å²) in [7, 11) is 0. The van der Waals surface area contributed by atoms with Crippen molar-refractivity contribution < 1.29 is 13.9 Å². The molecule has 2 aliphatic rings. The Morgan fingerprint density at radius 3 is 2.71 bits per heavy atom. The molecule has 1 aliphatic carbocycles. The zero-order valence-corrected chi connectivity index (χ0v) is 17.8. The summed E-state index contributed by atoms with van der Waals surface area (Å²) in [6.45, 7) is 6.04. The first-order valence-corrected chi connectivity index (χ1v) is 10.3. The van der Waals surface area contributed by atoms with Gasteiger partial charge >= 0.3 is 6.09 Å². The molecule has 0 bridgehead atoms. The van der Waals surface area contributed by atoms with Gasteiger partial charge in [-0.15, -0.1) is 0 Å². The van der Waals surface area contributed by atoms with Crippen molar-refractivity contribution in [3.05, 3.63) is 39.0 Å². The Hall–Kier alpha value is -1.96. The van der Waals surface area contributed by atoms with E-state index in [0.717, 1.165) is 12.8 Å². The molecule has 1 aromatic carbocycles. The summed E-state index contributed by atoms with van der Waals surface area (Å²) in [5.74, 6) is -0.558. The number of likely N-dealkylation sites (tertiary alicyclic amines) is 1. The fourth-order valence-electron chi connectivity index (χ4n) is 4.07. The van der Waals surface area contributed by atoms with Crippen LogP contribution in [-0.2, 0) is 4.74 Å². The highest BCUT2D eigenvalue weighted by molar-refractivity contribution is 9.10. The lowest BCUT2D eigenvalue weighted by molar-refractivity contribution is -0.000254. The van der Waals surface area contributed by atoms with Gasteiger partial charge in [0.2, 0.25) is 0 Å². The highest BCUT2D eigenvalue weighted by atomic mass is 79.9. The molecule has 28 heavy (non-hydrogen) atoms. The highest BCUT2D eigenvalue weighted by Gasteiger charge is 2.55. The molecule has 1 amide bonds. The highest BCUT2D eigenvalue weighted by Crippen LogP contribution is 2.51. The van der Waals surface area contributed by atoms with Gasteiger partial charge in [-0.2, -0.15) is 5.10 Å². The molecule has 1 spiro atoms. The Bertz CT molecular complexity index is 1010. The third-order valence-corrected chi connectivity index (χ3v) is 5.95. The van der Waals surface area contributed by atoms with Gasteiger partial charge in [0.1, 0.15) is 11.4 Å². The Morgan fingerprint density at radius 2 is 2.07 bits per heavy atom. The number of fused-ring (bicyclic) bond motifs is 1. The van der Waals surface area contributed by atoms with Gasteiger partial charge in [0, 0.05) is 21.9 Å². The lowest BCUT2D eigenvalue weighted by Gasteiger charge is -2.40. The molecule has 1 unspecified atom stereocenters. The van der Waals surface area contributed by atoms with Gasteiger partial charge in [-0.1, -0.05) is 15.9 Å². The second-order valence-corrected chi connectivity index (χ2v) is 9.66. The van der Waals surface area contributed by atoms with Crippen molar-refractivity contribution in [1.82, 2.24) is 14.7 Å². The standard InChI is InChI=1S/C20H23BrFN3O3/c1-19(2,3)28-18(27)24-7-4-14(10-20(24)5-6-20)25-17(26)16-12(11-23-25)8-13(21)9-15(16)22/h8-9,11,14H,4-7,10H2,1-3H3. The van der Waals surface area contributed by atoms with E-state index < -0.39 is 17.0 Å². The number of nitrogens with zero attached hydrogens (tertiary/aromatic N) is 3. The molecule has 1 aliphatic heterocycles. The predicted octanol–water partition coefficient (Wildman–Crippen LogP) is 4.40. The van der Waals surface area contributed by atoms with Crippen molar-refractivity contribution in [3.8, 4) is 0 Å². The molecule has 150 valence electrons. The zero-order chi connectivity index (χ0) is 20.3. The van der Waals surface area contributed by atoms with E-state index in [2.05, 4.69) is 21.0 Å². The van der Waals surface area contributed by atoms with Crippen LogP contribution in [0.25, 0.3) is 10.8 Å². The number of amides is 1. The van der Waals surface area contributed by atoms with Crippen molar-refractivity contribution in [2.24, 2.45) is 0 Å². The van der Waals surface area contributed by atoms with E-state index in [1.54, 1.807) is 11.0 Å². The number of rotatable bonds is 1. The molecule has 2 aromatic rings. The fourth-order valence-corrected chi connectivity index (χ4v) is 4.52. The van der Waals surface area contributed by atoms with Gasteiger partial charge in [-0.05, 0) is 58.6 Å². The minimum Gasteiger partial charge on any atom is -0.444 e. The molecule has 1 saturated heterocycles. The van der Waals surface area contributed by atoms with Crippen molar-refractivity contribution in [2.45, 2.75) is 63.6 Å². The van der Waals surface area contributed by atoms with Crippen molar-refractivity contribution in [1.29, 1.82) is 0 Å². The van der Waals surface area contributed by atoms with E-state index in [9.17, 15) is 14.0 Å². The maximum Gasteiger partial charge on any atom is 0.410 e. The topological polar surface area (TPSA) is 64.4 Å². The summed E-state index contributed by atoms with van der Waals surface area (Å²) in [5.41, 5.74) is -1.25. The summed E-state index contributed by atoms with van der Waals surface area (Å²) in [6, 6.07) is 2.81. The van der Waals surface area contributed by atoms with Crippen LogP contribution in [0.1, 0.15) is 52.5 Å². The molecule has 1 saturated carbocycles. The van der Waals surface area contributed by atoms with Crippen molar-refractivity contribution in [2.75, 3.05) is 6.54 Å². The number of aromatic nitrogens is 2. The number of halogens is 2. The number of carbonyl (C=O) groups is 1. The van der Waals surface area contributed by atoms with Crippen molar-refractivity contribution in [3.63, 3.8) is 0 Å². The number of piperidine rings is 1. The number of hydrogen-bond donors (Lipinski definition) is 0. The Balaban J connectivity index is 1.62. The molecule has 2 heterocycles. The Labute approximate surface area is 170 Å². The smallest absolute Gasteiger partial charge is 0.410 e. The normalized spacial score (nSPS) is 21.2. The maximum atomic E-state index is 14.4. The van der Waals surface area contributed by atoms with Crippen LogP contribution in [0.2, 0.25) is 0 Å². The van der Waals surface area contributed by atoms with E-state index in [1.165, 1.54) is 16.9 Å². The second-order valence-electron chi connectivity index (χ2n) is 8.75. The summed E-state index contributed by atoms with van der Waals surface area (Å²) >= 11 is 3.24. The van der Waals surface area contributed by atoms with Crippen LogP contribution < -0.4 is 5.56 Å². The van der Waals surface area contributed by atoms with Crippen LogP contribution in [0.5, 0.6) is 0 Å². The number of hydrogen-bond acceptors (Lipinski definition) is 4. The average Bonchev–Trinajstić information content (AvgIpc) is 3.32. The summed E-state index contributed by atoms with van der Waals surface area (Å²) in [4.78, 5) is 27.3. The zero-order valence-electron chi connectivity index (χ0n) is 16.2. The monoisotopic (exact) mass is 451 g/mol. The second kappa shape index (κ2) is 6.54. The SMILES string of the molecule is CC(C)(C)OC(=O)N1CCC(n2ncc3cc(Br)cc(F)c3c2=O)CC12CC2. The first-order chi connectivity index (χ1) is 13.1. The van der Waals surface area contributed by atoms with E-state index in [1.807, 2.05) is 20.8 Å². The third-order valence-electron chi connectivity index (χ3n) is 5.49. The molecule has 1 aromatic heterocycles. The van der Waals surface area contributed by atoms with Gasteiger partial charge in [-0.25, -0.2) is 13.9 Å². The Morgan fingerprint density at radius 1 is 1.36 bits per heavy atom. The molecular formula is C20H23BrFN3O3. The van der Waals surface area contributed by atoms with E-state index in [0.29, 0.717) is 29.2 Å². The van der Waals surface area contributed by atoms with Crippen molar-refractivity contribution >= 4 is 32.8 Å². The summed E-state index contributed by atoms with van der Waals surface area (Å²) < 4.78 is 21.9. The fraction of sp³-hybridized carbons (Fsp3) is 0.550. The van der Waals surface area contributed by atoms with Gasteiger partial charge in [-0.3, -0.25) is 4.79 Å². The van der Waals surface area contributed by atoms with Crippen LogP contribution in [0.4, 0.5) is 9.18 Å². The van der Waals surface area contributed by atoms with Crippen LogP contribution in [0.3, 0.4) is 0 Å². The maximum absolute atomic E-state index is 14.4. The molecule has 8 heteroatoms. The van der Waals surface area contributed by atoms with Gasteiger partial charge < -0.3 is 9.64 Å². The first kappa shape index (κ1) is 19.4. The molecular weight excluding hydrogens is 429 g/mol. The van der Waals surface area contributed by atoms with Gasteiger partial charge in [0.25, 0.3) is 5.56 Å². The van der Waals surface area contributed by atoms with Gasteiger partial charge in [0.05, 0.1) is 17.6 Å². The minimum atomic E-state index is -0.558. The minimum absolute atomic E-state index is 0.0534. The summed E-state index contributed by atoms with van der Waals surface area (Å²) in [5, 5.41) is 4.84. The molecule has 1 atom stereocenters. The van der Waals surface area contributed by atoms with Crippen LogP contribution in [0.15, 0.2) is 27.6 Å². The van der Waals surface area contributed by atoms with Crippen LogP contribution in [-0.4, -0.2) is 38.5 Å². The molecule has 0 radical (unpaired) electrons. The predicted molar refractivity (Wildman–Crippen MR) is 107 cm³/mol. The summed E-state index contributed by atoms with van der Waals surface area (Å²) in [6.07, 6.45) is 4.20. The largest absolute Gasteiger partial charge is 0.444 e. The molecule has 4 rings (SSSR count). The lowest BCUT2D eigenvalue weighted by Crippen LogP contribution is -2.51. The quantitative estimate of drug-likeness (QED) is 0.644. The molecule has 2 fully saturated rings. The number of benzene rings is 1. The Kier molecular flexibility index (Phi) is 4.52. The van der Waals surface area contributed by atoms with E-state index >= 15 is 0 Å². The van der Waals surface area contributed by atoms with Gasteiger partial charge in [0.15, 0.2) is 0 Å². The third kappa shape index (κ3) is 3.43. The van der Waals surface area contributed by atoms with E-state index in [4.69, 9.17) is 4.74 Å². The van der Waals surface area contributed by atoms with Crippen LogP contribution in [0, 0.1) is 5.82 Å². The number of carbonyl (C=O) groups excluding carboxylic acids is 1. The molecule has 6 nitrogen and oxygen atoms in total. The average molecular weight is 452 g/mol. The van der Waals surface area contributed by atoms with Crippen LogP contribution >= 0.6 is 15.9 Å². The first-order valence-electron chi connectivity index (χ1n) is 9.47. The van der Waals surface area contributed by atoms with E-state index in [-0.39, 0.29) is 23.1 Å². The number of ether oxygens (including phenoxy) is 1. The lowest BCUT2D eigenvalue weighted by atomic mass is 9.95.